The number of benzene rings is 1. The number of rotatable bonds is 14. The summed E-state index contributed by atoms with van der Waals surface area (Å²) in [4.78, 5) is 99.2. The third kappa shape index (κ3) is 7.06. The van der Waals surface area contributed by atoms with Crippen molar-refractivity contribution in [1.82, 2.24) is 20.1 Å². The zero-order valence-electron chi connectivity index (χ0n) is 27.5. The molecule has 2 saturated heterocycles. The number of thioether (sulfide) groups is 1. The van der Waals surface area contributed by atoms with Crippen LogP contribution in [0.15, 0.2) is 33.9 Å². The van der Waals surface area contributed by atoms with E-state index in [9.17, 15) is 54.0 Å². The number of anilines is 1. The number of quaternary nitrogens is 1. The number of thiazole rings is 1. The summed E-state index contributed by atoms with van der Waals surface area (Å²) in [6.07, 6.45) is -1.34. The van der Waals surface area contributed by atoms with Crippen LogP contribution in [0.2, 0.25) is 0 Å². The number of imide groups is 1. The second kappa shape index (κ2) is 14.4. The van der Waals surface area contributed by atoms with Gasteiger partial charge in [-0.25, -0.2) is 14.6 Å². The Morgan fingerprint density at radius 3 is 2.25 bits per heavy atom. The summed E-state index contributed by atoms with van der Waals surface area (Å²) in [5.74, 6) is -8.48. The number of carbonyl (C=O) groups excluding carboxylic acids is 4. The number of nitrogens with zero attached hydrogens (tertiary/aromatic N) is 5. The molecule has 2 aromatic rings. The smallest absolute Gasteiger partial charge is 0.352 e. The Hall–Kier alpha value is -5.74. The lowest BCUT2D eigenvalue weighted by atomic mass is 10.0. The summed E-state index contributed by atoms with van der Waals surface area (Å²) < 4.78 is 0.333. The number of amides is 4. The van der Waals surface area contributed by atoms with Crippen LogP contribution in [0.5, 0.6) is 11.5 Å². The van der Waals surface area contributed by atoms with E-state index in [0.717, 1.165) is 46.1 Å². The number of carbonyl (C=O) groups is 7. The highest BCUT2D eigenvalue weighted by molar-refractivity contribution is 8.00. The third-order valence-corrected chi connectivity index (χ3v) is 11.3. The molecule has 0 spiro atoms. The van der Waals surface area contributed by atoms with Crippen molar-refractivity contribution in [3.05, 3.63) is 45.6 Å². The molecule has 53 heavy (non-hydrogen) atoms. The SMILES string of the molecule is Nc1nc(/C(=N/O[C@@H](CC(=O)O)C(=O)O)C(=O)N[C@@H]2C(=O)N3C(C(=O)O)=C(C[N+]4(CCN5C(=O)c6cc(O)c(O)cc6C5=O)CCCC4)CS[C@H]23)cs1. The van der Waals surface area contributed by atoms with Crippen LogP contribution in [0.1, 0.15) is 45.7 Å². The highest BCUT2D eigenvalue weighted by Crippen LogP contribution is 2.42. The Morgan fingerprint density at radius 1 is 1.06 bits per heavy atom. The molecule has 0 radical (unpaired) electrons. The average Bonchev–Trinajstić information content (AvgIpc) is 3.80. The highest BCUT2D eigenvalue weighted by Gasteiger charge is 2.55. The number of nitrogen functional groups attached to an aromatic ring is 1. The lowest BCUT2D eigenvalue weighted by Gasteiger charge is -2.50. The van der Waals surface area contributed by atoms with Crippen molar-refractivity contribution in [2.24, 2.45) is 5.16 Å². The number of nitrogens with one attached hydrogen (secondary N) is 1. The molecule has 0 aliphatic carbocycles. The van der Waals surface area contributed by atoms with Crippen molar-refractivity contribution in [3.63, 3.8) is 0 Å². The van der Waals surface area contributed by atoms with Crippen molar-refractivity contribution in [1.29, 1.82) is 0 Å². The molecule has 22 heteroatoms. The number of likely N-dealkylation sites (tertiary alicyclic amines) is 1. The summed E-state index contributed by atoms with van der Waals surface area (Å²) >= 11 is 2.12. The maximum Gasteiger partial charge on any atom is 0.352 e. The minimum absolute atomic E-state index is 0.0149. The monoisotopic (exact) mass is 774 g/mol. The van der Waals surface area contributed by atoms with E-state index in [2.05, 4.69) is 15.5 Å². The zero-order valence-corrected chi connectivity index (χ0v) is 29.1. The first kappa shape index (κ1) is 37.0. The molecule has 8 N–H and O–H groups in total. The van der Waals surface area contributed by atoms with Gasteiger partial charge < -0.3 is 45.9 Å². The maximum absolute atomic E-state index is 13.5. The van der Waals surface area contributed by atoms with Crippen molar-refractivity contribution in [2.75, 3.05) is 44.2 Å². The highest BCUT2D eigenvalue weighted by atomic mass is 32.2. The molecular weight excluding hydrogens is 743 g/mol. The summed E-state index contributed by atoms with van der Waals surface area (Å²) in [5, 5.41) is 54.9. The van der Waals surface area contributed by atoms with Crippen LogP contribution in [0.4, 0.5) is 5.13 Å². The van der Waals surface area contributed by atoms with Crippen LogP contribution in [-0.2, 0) is 28.8 Å². The lowest BCUT2D eigenvalue weighted by molar-refractivity contribution is -0.911. The first-order chi connectivity index (χ1) is 25.1. The number of nitrogens with two attached hydrogens (primary N) is 1. The molecule has 1 aromatic heterocycles. The quantitative estimate of drug-likeness (QED) is 0.0316. The predicted octanol–water partition coefficient (Wildman–Crippen LogP) is -0.569. The van der Waals surface area contributed by atoms with E-state index in [4.69, 9.17) is 15.7 Å². The van der Waals surface area contributed by atoms with Gasteiger partial charge in [0.1, 0.15) is 29.4 Å². The van der Waals surface area contributed by atoms with Crippen LogP contribution < -0.4 is 11.1 Å². The van der Waals surface area contributed by atoms with Gasteiger partial charge in [0.2, 0.25) is 6.10 Å². The van der Waals surface area contributed by atoms with Crippen LogP contribution in [0.25, 0.3) is 0 Å². The number of aromatic hydroxyl groups is 2. The predicted molar refractivity (Wildman–Crippen MR) is 182 cm³/mol. The minimum Gasteiger partial charge on any atom is -0.504 e. The molecule has 20 nitrogen and oxygen atoms in total. The second-order valence-electron chi connectivity index (χ2n) is 12.7. The summed E-state index contributed by atoms with van der Waals surface area (Å²) in [5.41, 5.74) is 5.07. The largest absolute Gasteiger partial charge is 0.504 e. The summed E-state index contributed by atoms with van der Waals surface area (Å²) in [6.45, 7) is 1.69. The summed E-state index contributed by atoms with van der Waals surface area (Å²) in [7, 11) is 0. The van der Waals surface area contributed by atoms with Crippen molar-refractivity contribution in [2.45, 2.75) is 36.8 Å². The van der Waals surface area contributed by atoms with E-state index in [1.165, 1.54) is 17.1 Å². The number of aliphatic carboxylic acids is 3. The Kier molecular flexibility index (Phi) is 10.0. The number of hydrogen-bond donors (Lipinski definition) is 7. The number of carboxylic acids is 3. The van der Waals surface area contributed by atoms with E-state index in [1.54, 1.807) is 0 Å². The van der Waals surface area contributed by atoms with Gasteiger partial charge in [-0.05, 0) is 12.1 Å². The van der Waals surface area contributed by atoms with Crippen molar-refractivity contribution < 1.29 is 68.4 Å². The normalized spacial score (nSPS) is 21.2. The van der Waals surface area contributed by atoms with Gasteiger partial charge in [-0.1, -0.05) is 5.16 Å². The fourth-order valence-corrected chi connectivity index (χ4v) is 8.64. The number of oxime groups is 1. The maximum atomic E-state index is 13.5. The molecule has 5 heterocycles. The fourth-order valence-electron chi connectivity index (χ4n) is 6.76. The van der Waals surface area contributed by atoms with Crippen molar-refractivity contribution in [3.8, 4) is 11.5 Å². The summed E-state index contributed by atoms with van der Waals surface area (Å²) in [6, 6.07) is 0.845. The topological polar surface area (TPSA) is 300 Å². The molecule has 2 fully saturated rings. The first-order valence-corrected chi connectivity index (χ1v) is 17.9. The molecule has 3 atom stereocenters. The van der Waals surface area contributed by atoms with Crippen LogP contribution in [0.3, 0.4) is 0 Å². The van der Waals surface area contributed by atoms with Crippen LogP contribution >= 0.6 is 23.1 Å². The Labute approximate surface area is 306 Å². The second-order valence-corrected chi connectivity index (χ2v) is 14.7. The number of β-lactam (4-membered cyclic amide) rings is 1. The molecular formula is C31H32N7O13S2+. The van der Waals surface area contributed by atoms with Crippen LogP contribution in [-0.4, -0.2) is 148 Å². The molecule has 0 saturated carbocycles. The van der Waals surface area contributed by atoms with Gasteiger partial charge in [0.05, 0.1) is 43.7 Å². The van der Waals surface area contributed by atoms with Crippen LogP contribution in [0, 0.1) is 0 Å². The Morgan fingerprint density at radius 2 is 1.70 bits per heavy atom. The average molecular weight is 775 g/mol. The molecule has 4 aliphatic rings. The first-order valence-electron chi connectivity index (χ1n) is 16.0. The molecule has 0 unspecified atom stereocenters. The molecule has 6 rings (SSSR count). The van der Waals surface area contributed by atoms with E-state index in [1.807, 2.05) is 0 Å². The number of phenolic OH excluding ortho intramolecular Hbond substituents is 2. The number of fused-ring (bicyclic) bond motifs is 2. The molecule has 0 bridgehead atoms. The molecule has 4 aliphatic heterocycles. The molecule has 4 amide bonds. The van der Waals surface area contributed by atoms with Gasteiger partial charge >= 0.3 is 17.9 Å². The number of carboxylic acid groups (broad SMARTS) is 3. The van der Waals surface area contributed by atoms with Gasteiger partial charge in [-0.15, -0.1) is 23.1 Å². The minimum atomic E-state index is -1.96. The molecule has 1 aromatic carbocycles. The Bertz CT molecular complexity index is 1970. The third-order valence-electron chi connectivity index (χ3n) is 9.33. The lowest BCUT2D eigenvalue weighted by Crippen LogP contribution is -2.71. The van der Waals surface area contributed by atoms with Crippen molar-refractivity contribution >= 4 is 75.5 Å². The Balaban J connectivity index is 1.18. The van der Waals surface area contributed by atoms with E-state index in [0.29, 0.717) is 23.1 Å². The van der Waals surface area contributed by atoms with Gasteiger partial charge in [0, 0.05) is 29.5 Å². The zero-order chi connectivity index (χ0) is 38.4. The van der Waals surface area contributed by atoms with Gasteiger partial charge in [-0.2, -0.15) is 0 Å². The number of phenols is 2. The van der Waals surface area contributed by atoms with Gasteiger partial charge in [0.25, 0.3) is 23.6 Å². The fraction of sp³-hybridized carbons (Fsp3) is 0.387. The van der Waals surface area contributed by atoms with E-state index in [-0.39, 0.29) is 53.0 Å². The number of hydrogen-bond acceptors (Lipinski definition) is 15. The molecule has 280 valence electrons. The van der Waals surface area contributed by atoms with Gasteiger partial charge in [-0.3, -0.25) is 33.8 Å². The number of aromatic nitrogens is 1. The van der Waals surface area contributed by atoms with E-state index >= 15 is 0 Å². The van der Waals surface area contributed by atoms with E-state index < -0.39 is 82.7 Å². The van der Waals surface area contributed by atoms with Gasteiger partial charge in [0.15, 0.2) is 22.3 Å². The standard InChI is InChI=1S/C31H31N7O13S2/c32-31-33-16(12-53-31)21(35-51-19(29(47)48)9-20(41)42)24(43)34-22-27(46)37-23(30(49)50)13(11-52-28(22)37)10-38(4-1-2-5-38)6-3-36-25(44)14-7-17(39)18(40)8-15(14)26(36)45/h7-8,12,19,22,28H,1-6,9-11H2,(H7-,32,33,34,35,39,40,41,42,43,44,45,47,48,49,50)/p+1/t19-,22+,28+/m0/s1.